The fourth-order valence-corrected chi connectivity index (χ4v) is 3.91. The zero-order chi connectivity index (χ0) is 21.4. The number of hydrogen-bond donors (Lipinski definition) is 1. The molecule has 2 aromatic heterocycles. The van der Waals surface area contributed by atoms with Crippen LogP contribution in [-0.2, 0) is 6.42 Å². The molecule has 1 aliphatic rings. The van der Waals surface area contributed by atoms with Crippen molar-refractivity contribution in [2.75, 3.05) is 23.9 Å². The third-order valence-corrected chi connectivity index (χ3v) is 5.51. The maximum Gasteiger partial charge on any atom is 0.256 e. The van der Waals surface area contributed by atoms with E-state index in [0.717, 1.165) is 46.8 Å². The Morgan fingerprint density at radius 1 is 1.03 bits per heavy atom. The summed E-state index contributed by atoms with van der Waals surface area (Å²) in [6.07, 6.45) is 0.936. The summed E-state index contributed by atoms with van der Waals surface area (Å²) in [7, 11) is 1.66. The Hall–Kier alpha value is -3.93. The molecular weight excluding hydrogens is 388 g/mol. The minimum Gasteiger partial charge on any atom is -0.497 e. The Morgan fingerprint density at radius 2 is 1.87 bits per heavy atom. The molecule has 1 amide bonds. The number of carbonyl (C=O) groups excluding carboxylic acids is 1. The number of aryl methyl sites for hydroxylation is 1. The molecule has 31 heavy (non-hydrogen) atoms. The zero-order valence-corrected chi connectivity index (χ0v) is 17.4. The number of fused-ring (bicyclic) bond motifs is 2. The van der Waals surface area contributed by atoms with Gasteiger partial charge in [0.25, 0.3) is 5.91 Å². The number of rotatable bonds is 4. The van der Waals surface area contributed by atoms with Crippen LogP contribution in [0.3, 0.4) is 0 Å². The van der Waals surface area contributed by atoms with Crippen LogP contribution in [0.5, 0.6) is 5.75 Å². The van der Waals surface area contributed by atoms with Crippen molar-refractivity contribution in [3.05, 3.63) is 83.6 Å². The van der Waals surface area contributed by atoms with E-state index in [1.165, 1.54) is 5.56 Å². The van der Waals surface area contributed by atoms with Gasteiger partial charge < -0.3 is 15.0 Å². The summed E-state index contributed by atoms with van der Waals surface area (Å²) in [5, 5.41) is 3.96. The Bertz CT molecular complexity index is 1280. The average Bonchev–Trinajstić information content (AvgIpc) is 3.20. The number of ether oxygens (including phenoxy) is 1. The molecule has 0 spiro atoms. The van der Waals surface area contributed by atoms with Crippen molar-refractivity contribution in [1.82, 2.24) is 9.97 Å². The van der Waals surface area contributed by atoms with Gasteiger partial charge in [-0.3, -0.25) is 4.79 Å². The zero-order valence-electron chi connectivity index (χ0n) is 17.4. The van der Waals surface area contributed by atoms with E-state index < -0.39 is 0 Å². The molecule has 5 rings (SSSR count). The van der Waals surface area contributed by atoms with E-state index in [2.05, 4.69) is 21.3 Å². The predicted octanol–water partition coefficient (Wildman–Crippen LogP) is 4.89. The summed E-state index contributed by atoms with van der Waals surface area (Å²) in [4.78, 5) is 24.0. The first-order valence-electron chi connectivity index (χ1n) is 10.2. The molecule has 0 unspecified atom stereocenters. The number of carbonyl (C=O) groups is 1. The van der Waals surface area contributed by atoms with Crippen molar-refractivity contribution in [2.24, 2.45) is 0 Å². The lowest BCUT2D eigenvalue weighted by Crippen LogP contribution is -2.16. The van der Waals surface area contributed by atoms with Gasteiger partial charge in [-0.05, 0) is 73.5 Å². The maximum atomic E-state index is 12.6. The Balaban J connectivity index is 1.39. The number of amides is 1. The number of anilines is 3. The molecule has 154 valence electrons. The van der Waals surface area contributed by atoms with Crippen LogP contribution in [0.4, 0.5) is 17.3 Å². The lowest BCUT2D eigenvalue weighted by atomic mass is 10.1. The molecule has 0 atom stereocenters. The molecule has 0 aliphatic carbocycles. The largest absolute Gasteiger partial charge is 0.497 e. The molecule has 0 saturated carbocycles. The molecule has 0 saturated heterocycles. The number of pyridine rings is 2. The molecule has 6 heteroatoms. The van der Waals surface area contributed by atoms with Crippen molar-refractivity contribution in [3.63, 3.8) is 0 Å². The Labute approximate surface area is 180 Å². The van der Waals surface area contributed by atoms with Gasteiger partial charge in [-0.2, -0.15) is 0 Å². The lowest BCUT2D eigenvalue weighted by Gasteiger charge is -2.19. The quantitative estimate of drug-likeness (QED) is 0.519. The molecule has 4 aromatic rings. The van der Waals surface area contributed by atoms with E-state index in [-0.39, 0.29) is 5.91 Å². The minimum absolute atomic E-state index is 0.178. The van der Waals surface area contributed by atoms with Crippen LogP contribution in [0, 0.1) is 6.92 Å². The third-order valence-electron chi connectivity index (χ3n) is 5.51. The molecular formula is C25H22N4O2. The fraction of sp³-hybridized carbons (Fsp3) is 0.160. The summed E-state index contributed by atoms with van der Waals surface area (Å²) >= 11 is 0. The van der Waals surface area contributed by atoms with Crippen molar-refractivity contribution >= 4 is 34.1 Å². The first kappa shape index (κ1) is 19.1. The topological polar surface area (TPSA) is 67.3 Å². The maximum absolute atomic E-state index is 12.6. The number of nitrogens with one attached hydrogen (secondary N) is 1. The minimum atomic E-state index is -0.178. The molecule has 3 heterocycles. The van der Waals surface area contributed by atoms with Gasteiger partial charge in [0.15, 0.2) is 0 Å². The van der Waals surface area contributed by atoms with Crippen molar-refractivity contribution < 1.29 is 9.53 Å². The van der Waals surface area contributed by atoms with Crippen LogP contribution in [0.1, 0.15) is 21.6 Å². The number of nitrogens with zero attached hydrogens (tertiary/aromatic N) is 3. The predicted molar refractivity (Wildman–Crippen MR) is 122 cm³/mol. The van der Waals surface area contributed by atoms with Gasteiger partial charge in [-0.1, -0.05) is 6.07 Å². The van der Waals surface area contributed by atoms with Gasteiger partial charge in [-0.25, -0.2) is 9.97 Å². The summed E-state index contributed by atoms with van der Waals surface area (Å²) in [5.41, 5.74) is 4.59. The normalized spacial score (nSPS) is 12.6. The summed E-state index contributed by atoms with van der Waals surface area (Å²) in [5.74, 6) is 2.13. The molecule has 2 aromatic carbocycles. The average molecular weight is 410 g/mol. The molecule has 0 fully saturated rings. The van der Waals surface area contributed by atoms with Crippen LogP contribution in [0.25, 0.3) is 10.9 Å². The lowest BCUT2D eigenvalue weighted by molar-refractivity contribution is 0.102. The molecule has 0 radical (unpaired) electrons. The fourth-order valence-electron chi connectivity index (χ4n) is 3.91. The summed E-state index contributed by atoms with van der Waals surface area (Å²) < 4.78 is 5.34. The highest BCUT2D eigenvalue weighted by molar-refractivity contribution is 6.04. The van der Waals surface area contributed by atoms with Gasteiger partial charge >= 0.3 is 0 Å². The van der Waals surface area contributed by atoms with Crippen LogP contribution < -0.4 is 15.0 Å². The highest BCUT2D eigenvalue weighted by Crippen LogP contribution is 2.35. The van der Waals surface area contributed by atoms with Gasteiger partial charge in [0.1, 0.15) is 17.4 Å². The number of aromatic nitrogens is 2. The van der Waals surface area contributed by atoms with Crippen molar-refractivity contribution in [2.45, 2.75) is 13.3 Å². The van der Waals surface area contributed by atoms with E-state index in [9.17, 15) is 4.79 Å². The van der Waals surface area contributed by atoms with E-state index in [0.29, 0.717) is 11.4 Å². The highest BCUT2D eigenvalue weighted by Gasteiger charge is 2.23. The molecule has 6 nitrogen and oxygen atoms in total. The van der Waals surface area contributed by atoms with Gasteiger partial charge in [0.05, 0.1) is 12.6 Å². The van der Waals surface area contributed by atoms with Crippen molar-refractivity contribution in [1.29, 1.82) is 0 Å². The van der Waals surface area contributed by atoms with Gasteiger partial charge in [0.2, 0.25) is 0 Å². The van der Waals surface area contributed by atoms with E-state index in [4.69, 9.17) is 9.72 Å². The Kier molecular flexibility index (Phi) is 4.75. The monoisotopic (exact) mass is 410 g/mol. The van der Waals surface area contributed by atoms with Crippen molar-refractivity contribution in [3.8, 4) is 5.75 Å². The summed E-state index contributed by atoms with van der Waals surface area (Å²) in [6, 6.07) is 21.3. The second-order valence-corrected chi connectivity index (χ2v) is 7.60. The van der Waals surface area contributed by atoms with Crippen LogP contribution in [-0.4, -0.2) is 29.5 Å². The standard InChI is InChI=1S/C25H22N4O2/c1-16-4-3-5-23(26-16)28-25(30)17-6-9-20(10-7-17)29-13-12-19-14-18-8-11-21(31-2)15-22(18)27-24(19)29/h3-11,14-15H,12-13H2,1-2H3,(H,26,28,30). The summed E-state index contributed by atoms with van der Waals surface area (Å²) in [6.45, 7) is 2.75. The number of hydrogen-bond acceptors (Lipinski definition) is 5. The van der Waals surface area contributed by atoms with E-state index in [1.54, 1.807) is 13.2 Å². The van der Waals surface area contributed by atoms with Gasteiger partial charge in [-0.15, -0.1) is 0 Å². The van der Waals surface area contributed by atoms with Crippen LogP contribution in [0.15, 0.2) is 66.7 Å². The Morgan fingerprint density at radius 3 is 2.65 bits per heavy atom. The number of benzene rings is 2. The smallest absolute Gasteiger partial charge is 0.256 e. The van der Waals surface area contributed by atoms with E-state index in [1.807, 2.05) is 61.5 Å². The SMILES string of the molecule is COc1ccc2cc3c(nc2c1)N(c1ccc(C(=O)Nc2cccc(C)n2)cc1)CC3. The first-order chi connectivity index (χ1) is 15.1. The second kappa shape index (κ2) is 7.72. The second-order valence-electron chi connectivity index (χ2n) is 7.60. The molecule has 1 aliphatic heterocycles. The van der Waals surface area contributed by atoms with Crippen LogP contribution in [0.2, 0.25) is 0 Å². The number of methoxy groups -OCH3 is 1. The first-order valence-corrected chi connectivity index (χ1v) is 10.2. The van der Waals surface area contributed by atoms with Crippen LogP contribution >= 0.6 is 0 Å². The van der Waals surface area contributed by atoms with Gasteiger partial charge in [0, 0.05) is 34.9 Å². The highest BCUT2D eigenvalue weighted by atomic mass is 16.5. The molecule has 1 N–H and O–H groups in total. The van der Waals surface area contributed by atoms with E-state index >= 15 is 0 Å². The third kappa shape index (κ3) is 3.68. The molecule has 0 bridgehead atoms.